The molecular formula is C14H7F3N. The third-order valence-electron chi connectivity index (χ3n) is 2.45. The fourth-order valence-corrected chi connectivity index (χ4v) is 1.53. The third kappa shape index (κ3) is 2.51. The van der Waals surface area contributed by atoms with E-state index in [2.05, 4.69) is 6.07 Å². The van der Waals surface area contributed by atoms with Crippen LogP contribution in [0.15, 0.2) is 42.5 Å². The van der Waals surface area contributed by atoms with Crippen LogP contribution in [0, 0.1) is 17.4 Å². The van der Waals surface area contributed by atoms with Crippen molar-refractivity contribution in [2.24, 2.45) is 0 Å². The molecule has 2 aromatic rings. The molecule has 1 nitrogen and oxygen atoms in total. The van der Waals surface area contributed by atoms with Gasteiger partial charge >= 0.3 is 6.18 Å². The molecular weight excluding hydrogens is 239 g/mol. The maximum atomic E-state index is 12.5. The van der Waals surface area contributed by atoms with Crippen molar-refractivity contribution in [3.63, 3.8) is 0 Å². The highest BCUT2D eigenvalue weighted by Crippen LogP contribution is 2.31. The predicted octanol–water partition coefficient (Wildman–Crippen LogP) is 4.04. The molecule has 0 atom stereocenters. The summed E-state index contributed by atoms with van der Waals surface area (Å²) in [5.74, 6) is 0. The topological polar surface area (TPSA) is 23.8 Å². The summed E-state index contributed by atoms with van der Waals surface area (Å²) in [5.41, 5.74) is 0.709. The van der Waals surface area contributed by atoms with Crippen molar-refractivity contribution in [3.05, 3.63) is 59.7 Å². The Balaban J connectivity index is 2.42. The van der Waals surface area contributed by atoms with Gasteiger partial charge in [0.15, 0.2) is 0 Å². The summed E-state index contributed by atoms with van der Waals surface area (Å²) in [6, 6.07) is 14.3. The Hall–Kier alpha value is -2.28. The Labute approximate surface area is 102 Å². The second-order valence-electron chi connectivity index (χ2n) is 3.68. The van der Waals surface area contributed by atoms with Crippen molar-refractivity contribution < 1.29 is 13.2 Å². The van der Waals surface area contributed by atoms with Crippen LogP contribution in [-0.2, 0) is 6.18 Å². The Morgan fingerprint density at radius 3 is 2.28 bits per heavy atom. The first-order valence-electron chi connectivity index (χ1n) is 5.10. The van der Waals surface area contributed by atoms with E-state index in [9.17, 15) is 13.2 Å². The summed E-state index contributed by atoms with van der Waals surface area (Å²) in [4.78, 5) is 0. The van der Waals surface area contributed by atoms with Crippen LogP contribution in [0.5, 0.6) is 0 Å². The monoisotopic (exact) mass is 246 g/mol. The lowest BCUT2D eigenvalue weighted by molar-refractivity contribution is -0.137. The Morgan fingerprint density at radius 1 is 1.06 bits per heavy atom. The third-order valence-corrected chi connectivity index (χ3v) is 2.45. The second-order valence-corrected chi connectivity index (χ2v) is 3.68. The van der Waals surface area contributed by atoms with Gasteiger partial charge in [-0.3, -0.25) is 0 Å². The van der Waals surface area contributed by atoms with E-state index in [0.29, 0.717) is 16.7 Å². The van der Waals surface area contributed by atoms with Crippen molar-refractivity contribution in [1.29, 1.82) is 5.26 Å². The normalized spacial score (nSPS) is 11.0. The van der Waals surface area contributed by atoms with Gasteiger partial charge in [-0.25, -0.2) is 0 Å². The van der Waals surface area contributed by atoms with Gasteiger partial charge in [0, 0.05) is 0 Å². The van der Waals surface area contributed by atoms with Gasteiger partial charge in [0.05, 0.1) is 17.2 Å². The molecule has 0 saturated heterocycles. The van der Waals surface area contributed by atoms with Crippen LogP contribution in [0.25, 0.3) is 11.1 Å². The molecule has 2 aromatic carbocycles. The van der Waals surface area contributed by atoms with Gasteiger partial charge in [-0.2, -0.15) is 18.4 Å². The molecule has 0 aromatic heterocycles. The number of halogens is 3. The first kappa shape index (κ1) is 12.2. The second kappa shape index (κ2) is 4.53. The number of benzene rings is 2. The highest BCUT2D eigenvalue weighted by atomic mass is 19.4. The predicted molar refractivity (Wildman–Crippen MR) is 60.4 cm³/mol. The molecule has 4 heteroatoms. The summed E-state index contributed by atoms with van der Waals surface area (Å²) < 4.78 is 37.6. The van der Waals surface area contributed by atoms with Gasteiger partial charge < -0.3 is 0 Å². The van der Waals surface area contributed by atoms with Crippen molar-refractivity contribution >= 4 is 0 Å². The molecule has 0 bridgehead atoms. The van der Waals surface area contributed by atoms with Crippen LogP contribution in [0.3, 0.4) is 0 Å². The molecule has 18 heavy (non-hydrogen) atoms. The zero-order chi connectivity index (χ0) is 13.2. The molecule has 0 heterocycles. The Bertz CT molecular complexity index is 592. The van der Waals surface area contributed by atoms with E-state index in [0.717, 1.165) is 12.1 Å². The van der Waals surface area contributed by atoms with E-state index in [1.165, 1.54) is 6.07 Å². The maximum absolute atomic E-state index is 12.5. The number of nitriles is 1. The molecule has 89 valence electrons. The van der Waals surface area contributed by atoms with E-state index < -0.39 is 11.7 Å². The lowest BCUT2D eigenvalue weighted by atomic mass is 10.0. The number of nitrogens with zero attached hydrogens (tertiary/aromatic N) is 1. The summed E-state index contributed by atoms with van der Waals surface area (Å²) in [7, 11) is 0. The van der Waals surface area contributed by atoms with Crippen LogP contribution in [-0.4, -0.2) is 0 Å². The van der Waals surface area contributed by atoms with Crippen LogP contribution < -0.4 is 0 Å². The van der Waals surface area contributed by atoms with Gasteiger partial charge in [0.25, 0.3) is 0 Å². The highest BCUT2D eigenvalue weighted by Gasteiger charge is 2.30. The lowest BCUT2D eigenvalue weighted by Gasteiger charge is -2.08. The van der Waals surface area contributed by atoms with E-state index >= 15 is 0 Å². The minimum absolute atomic E-state index is 0.356. The number of hydrogen-bond acceptors (Lipinski definition) is 1. The summed E-state index contributed by atoms with van der Waals surface area (Å²) >= 11 is 0. The average Bonchev–Trinajstić information content (AvgIpc) is 2.38. The van der Waals surface area contributed by atoms with Gasteiger partial charge in [0.2, 0.25) is 0 Å². The van der Waals surface area contributed by atoms with Crippen molar-refractivity contribution in [2.45, 2.75) is 6.18 Å². The van der Waals surface area contributed by atoms with Crippen LogP contribution in [0.1, 0.15) is 11.1 Å². The standard InChI is InChI=1S/C14H7F3N/c15-14(16,17)13-3-1-2-12(8-13)11-6-4-10(9-18)5-7-11/h1,3-8H. The quantitative estimate of drug-likeness (QED) is 0.744. The largest absolute Gasteiger partial charge is 0.416 e. The van der Waals surface area contributed by atoms with Gasteiger partial charge in [-0.15, -0.1) is 0 Å². The fraction of sp³-hybridized carbons (Fsp3) is 0.0714. The van der Waals surface area contributed by atoms with Gasteiger partial charge in [-0.1, -0.05) is 18.2 Å². The summed E-state index contributed by atoms with van der Waals surface area (Å²) in [6.07, 6.45) is -4.36. The van der Waals surface area contributed by atoms with E-state index in [1.807, 2.05) is 6.07 Å². The van der Waals surface area contributed by atoms with E-state index in [4.69, 9.17) is 5.26 Å². The minimum Gasteiger partial charge on any atom is -0.192 e. The van der Waals surface area contributed by atoms with Crippen molar-refractivity contribution in [2.75, 3.05) is 0 Å². The fourth-order valence-electron chi connectivity index (χ4n) is 1.53. The molecule has 0 amide bonds. The molecule has 1 radical (unpaired) electrons. The SMILES string of the molecule is N#Cc1ccc(-c2[c]ccc(C(F)(F)F)c2)cc1. The van der Waals surface area contributed by atoms with E-state index in [-0.39, 0.29) is 0 Å². The molecule has 0 unspecified atom stereocenters. The highest BCUT2D eigenvalue weighted by molar-refractivity contribution is 5.64. The molecule has 0 aliphatic carbocycles. The molecule has 2 rings (SSSR count). The number of hydrogen-bond donors (Lipinski definition) is 0. The first-order chi connectivity index (χ1) is 8.50. The summed E-state index contributed by atoms with van der Waals surface area (Å²) in [5, 5.41) is 8.64. The van der Waals surface area contributed by atoms with E-state index in [1.54, 1.807) is 24.3 Å². The maximum Gasteiger partial charge on any atom is 0.416 e. The van der Waals surface area contributed by atoms with Crippen LogP contribution >= 0.6 is 0 Å². The van der Waals surface area contributed by atoms with Gasteiger partial charge in [-0.05, 0) is 41.5 Å². The lowest BCUT2D eigenvalue weighted by Crippen LogP contribution is -2.04. The first-order valence-corrected chi connectivity index (χ1v) is 5.10. The zero-order valence-corrected chi connectivity index (χ0v) is 9.12. The molecule has 0 N–H and O–H groups in total. The van der Waals surface area contributed by atoms with Crippen LogP contribution in [0.2, 0.25) is 0 Å². The molecule has 0 saturated carbocycles. The molecule has 0 spiro atoms. The van der Waals surface area contributed by atoms with Gasteiger partial charge in [0.1, 0.15) is 0 Å². The zero-order valence-electron chi connectivity index (χ0n) is 9.12. The number of rotatable bonds is 1. The Kier molecular flexibility index (Phi) is 3.07. The molecule has 0 aliphatic rings. The molecule has 0 fully saturated rings. The average molecular weight is 246 g/mol. The Morgan fingerprint density at radius 2 is 1.72 bits per heavy atom. The van der Waals surface area contributed by atoms with Crippen molar-refractivity contribution in [3.8, 4) is 17.2 Å². The van der Waals surface area contributed by atoms with Crippen molar-refractivity contribution in [1.82, 2.24) is 0 Å². The minimum atomic E-state index is -4.36. The smallest absolute Gasteiger partial charge is 0.192 e. The molecule has 0 aliphatic heterocycles. The number of alkyl halides is 3. The van der Waals surface area contributed by atoms with Crippen LogP contribution in [0.4, 0.5) is 13.2 Å². The summed E-state index contributed by atoms with van der Waals surface area (Å²) in [6.45, 7) is 0.